The summed E-state index contributed by atoms with van der Waals surface area (Å²) in [7, 11) is 1.99. The first-order chi connectivity index (χ1) is 14.1. The molecule has 3 aromatic carbocycles. The number of aliphatic imine (C=N–C) groups is 1. The van der Waals surface area contributed by atoms with Crippen molar-refractivity contribution in [3.8, 4) is 0 Å². The molecular formula is C25H17ClN2O. The number of aryl methyl sites for hydroxylation is 1. The number of nitrogens with zero attached hydrogens (tertiary/aromatic N) is 2. The van der Waals surface area contributed by atoms with E-state index in [1.165, 1.54) is 0 Å². The highest BCUT2D eigenvalue weighted by molar-refractivity contribution is 6.41. The first-order valence-electron chi connectivity index (χ1n) is 9.37. The van der Waals surface area contributed by atoms with Gasteiger partial charge >= 0.3 is 0 Å². The maximum Gasteiger partial charge on any atom is 0.194 e. The van der Waals surface area contributed by atoms with Gasteiger partial charge in [0.1, 0.15) is 0 Å². The van der Waals surface area contributed by atoms with E-state index in [0.29, 0.717) is 21.8 Å². The second-order valence-corrected chi connectivity index (χ2v) is 7.46. The molecule has 0 radical (unpaired) electrons. The molecule has 0 aliphatic heterocycles. The fourth-order valence-corrected chi connectivity index (χ4v) is 4.03. The molecule has 0 amide bonds. The number of benzene rings is 3. The number of hydrogen-bond acceptors (Lipinski definition) is 2. The van der Waals surface area contributed by atoms with Crippen LogP contribution in [-0.2, 0) is 7.05 Å². The number of para-hydroxylation sites is 2. The van der Waals surface area contributed by atoms with E-state index in [0.717, 1.165) is 27.7 Å². The van der Waals surface area contributed by atoms with Crippen molar-refractivity contribution in [1.29, 1.82) is 0 Å². The molecule has 1 aliphatic carbocycles. The van der Waals surface area contributed by atoms with E-state index >= 15 is 0 Å². The molecule has 4 heteroatoms. The number of rotatable bonds is 2. The van der Waals surface area contributed by atoms with E-state index < -0.39 is 0 Å². The molecule has 0 N–H and O–H groups in total. The molecule has 0 saturated heterocycles. The van der Waals surface area contributed by atoms with Crippen molar-refractivity contribution in [3.05, 3.63) is 107 Å². The van der Waals surface area contributed by atoms with Gasteiger partial charge in [-0.25, -0.2) is 4.99 Å². The summed E-state index contributed by atoms with van der Waals surface area (Å²) < 4.78 is 2.05. The highest BCUT2D eigenvalue weighted by Gasteiger charge is 2.27. The number of fused-ring (bicyclic) bond motifs is 2. The minimum atomic E-state index is 0.00932. The zero-order valence-electron chi connectivity index (χ0n) is 15.8. The van der Waals surface area contributed by atoms with Gasteiger partial charge in [0.05, 0.1) is 16.4 Å². The van der Waals surface area contributed by atoms with Gasteiger partial charge in [-0.3, -0.25) is 4.79 Å². The minimum Gasteiger partial charge on any atom is -0.350 e. The number of carbonyl (C=O) groups is 1. The summed E-state index contributed by atoms with van der Waals surface area (Å²) in [5, 5.41) is 1.63. The average molecular weight is 397 g/mol. The number of allylic oxidation sites excluding steroid dienone is 2. The molecule has 0 saturated carbocycles. The largest absolute Gasteiger partial charge is 0.350 e. The Bertz CT molecular complexity index is 1340. The molecule has 1 aliphatic rings. The van der Waals surface area contributed by atoms with Gasteiger partial charge in [0, 0.05) is 46.4 Å². The number of carbonyl (C=O) groups excluding carboxylic acids is 1. The molecule has 0 atom stereocenters. The van der Waals surface area contributed by atoms with Crippen LogP contribution in [-0.4, -0.2) is 16.1 Å². The van der Waals surface area contributed by atoms with Crippen LogP contribution in [0.4, 0.5) is 5.69 Å². The van der Waals surface area contributed by atoms with E-state index in [9.17, 15) is 4.79 Å². The lowest BCUT2D eigenvalue weighted by molar-refractivity contribution is 0.105. The van der Waals surface area contributed by atoms with Crippen LogP contribution in [0, 0.1) is 0 Å². The summed E-state index contributed by atoms with van der Waals surface area (Å²) in [6, 6.07) is 23.2. The third-order valence-corrected chi connectivity index (χ3v) is 5.57. The van der Waals surface area contributed by atoms with E-state index in [-0.39, 0.29) is 5.78 Å². The Labute approximate surface area is 173 Å². The fourth-order valence-electron chi connectivity index (χ4n) is 3.85. The Balaban J connectivity index is 1.77. The van der Waals surface area contributed by atoms with Crippen LogP contribution in [0.1, 0.15) is 21.5 Å². The molecule has 5 rings (SSSR count). The monoisotopic (exact) mass is 396 g/mol. The molecule has 29 heavy (non-hydrogen) atoms. The number of halogens is 1. The van der Waals surface area contributed by atoms with Crippen molar-refractivity contribution in [2.45, 2.75) is 0 Å². The number of hydrogen-bond donors (Lipinski definition) is 0. The molecular weight excluding hydrogens is 380 g/mol. The SMILES string of the molecule is Cn1cc(C2=CC(=Nc3ccccc3Cl)c3ccccc3C2=O)c2ccccc21. The van der Waals surface area contributed by atoms with Gasteiger partial charge in [-0.1, -0.05) is 66.2 Å². The molecule has 0 fully saturated rings. The van der Waals surface area contributed by atoms with E-state index in [4.69, 9.17) is 16.6 Å². The standard InChI is InChI=1S/C25H17ClN2O/c1-28-15-20(17-9-4-7-13-24(17)28)19-14-23(27-22-12-6-5-11-21(22)26)16-8-2-3-10-18(16)25(19)29/h2-15H,1H3. The number of Topliss-reactive ketones (excluding diaryl/α,β-unsaturated/α-hetero) is 1. The van der Waals surface area contributed by atoms with Crippen molar-refractivity contribution in [1.82, 2.24) is 4.57 Å². The van der Waals surface area contributed by atoms with Gasteiger partial charge < -0.3 is 4.57 Å². The zero-order valence-corrected chi connectivity index (χ0v) is 16.5. The van der Waals surface area contributed by atoms with Crippen molar-refractivity contribution in [2.75, 3.05) is 0 Å². The summed E-state index contributed by atoms with van der Waals surface area (Å²) in [5.41, 5.74) is 5.53. The molecule has 1 aromatic heterocycles. The van der Waals surface area contributed by atoms with Crippen LogP contribution in [0.25, 0.3) is 16.5 Å². The molecule has 4 aromatic rings. The van der Waals surface area contributed by atoms with Crippen LogP contribution in [0.3, 0.4) is 0 Å². The Morgan fingerprint density at radius 2 is 1.52 bits per heavy atom. The van der Waals surface area contributed by atoms with Gasteiger partial charge in [0.2, 0.25) is 0 Å². The zero-order chi connectivity index (χ0) is 20.0. The molecule has 0 spiro atoms. The molecule has 0 bridgehead atoms. The first kappa shape index (κ1) is 17.7. The maximum atomic E-state index is 13.4. The normalized spacial score (nSPS) is 14.9. The summed E-state index contributed by atoms with van der Waals surface area (Å²) in [6.45, 7) is 0. The second-order valence-electron chi connectivity index (χ2n) is 7.05. The lowest BCUT2D eigenvalue weighted by Gasteiger charge is -2.17. The van der Waals surface area contributed by atoms with Gasteiger partial charge in [-0.05, 0) is 24.3 Å². The van der Waals surface area contributed by atoms with Crippen molar-refractivity contribution >= 4 is 45.3 Å². The summed E-state index contributed by atoms with van der Waals surface area (Å²) in [6.07, 6.45) is 3.89. The summed E-state index contributed by atoms with van der Waals surface area (Å²) >= 11 is 6.34. The fraction of sp³-hybridized carbons (Fsp3) is 0.0400. The van der Waals surface area contributed by atoms with Gasteiger partial charge in [-0.15, -0.1) is 0 Å². The van der Waals surface area contributed by atoms with Gasteiger partial charge in [0.25, 0.3) is 0 Å². The van der Waals surface area contributed by atoms with E-state index in [2.05, 4.69) is 6.07 Å². The van der Waals surface area contributed by atoms with Crippen molar-refractivity contribution in [2.24, 2.45) is 12.0 Å². The first-order valence-corrected chi connectivity index (χ1v) is 9.75. The quantitative estimate of drug-likeness (QED) is 0.395. The van der Waals surface area contributed by atoms with Crippen molar-refractivity contribution < 1.29 is 4.79 Å². The van der Waals surface area contributed by atoms with Gasteiger partial charge in [-0.2, -0.15) is 0 Å². The van der Waals surface area contributed by atoms with Crippen LogP contribution < -0.4 is 0 Å². The third kappa shape index (κ3) is 2.91. The molecule has 3 nitrogen and oxygen atoms in total. The Morgan fingerprint density at radius 1 is 0.828 bits per heavy atom. The number of aromatic nitrogens is 1. The maximum absolute atomic E-state index is 13.4. The second kappa shape index (κ2) is 6.87. The molecule has 0 unspecified atom stereocenters. The lowest BCUT2D eigenvalue weighted by Crippen LogP contribution is -2.16. The Hall–Kier alpha value is -3.43. The smallest absolute Gasteiger partial charge is 0.194 e. The van der Waals surface area contributed by atoms with Gasteiger partial charge in [0.15, 0.2) is 5.78 Å². The summed E-state index contributed by atoms with van der Waals surface area (Å²) in [5.74, 6) is 0.00932. The Kier molecular flexibility index (Phi) is 4.18. The average Bonchev–Trinajstić information content (AvgIpc) is 3.08. The Morgan fingerprint density at radius 3 is 2.34 bits per heavy atom. The van der Waals surface area contributed by atoms with Crippen LogP contribution in [0.2, 0.25) is 5.02 Å². The van der Waals surface area contributed by atoms with Crippen LogP contribution >= 0.6 is 11.6 Å². The predicted molar refractivity (Wildman–Crippen MR) is 119 cm³/mol. The summed E-state index contributed by atoms with van der Waals surface area (Å²) in [4.78, 5) is 18.2. The topological polar surface area (TPSA) is 34.4 Å². The lowest BCUT2D eigenvalue weighted by atomic mass is 9.85. The third-order valence-electron chi connectivity index (χ3n) is 5.25. The molecule has 140 valence electrons. The highest BCUT2D eigenvalue weighted by Crippen LogP contribution is 2.34. The van der Waals surface area contributed by atoms with E-state index in [1.54, 1.807) is 0 Å². The number of ketones is 1. The highest BCUT2D eigenvalue weighted by atomic mass is 35.5. The predicted octanol–water partition coefficient (Wildman–Crippen LogP) is 6.23. The van der Waals surface area contributed by atoms with E-state index in [1.807, 2.05) is 90.6 Å². The van der Waals surface area contributed by atoms with Crippen molar-refractivity contribution in [3.63, 3.8) is 0 Å². The molecule has 1 heterocycles. The minimum absolute atomic E-state index is 0.00932. The van der Waals surface area contributed by atoms with Crippen LogP contribution in [0.15, 0.2) is 90.1 Å². The van der Waals surface area contributed by atoms with Crippen LogP contribution in [0.5, 0.6) is 0 Å².